The molecule has 0 spiro atoms. The third-order valence-electron chi connectivity index (χ3n) is 3.17. The van der Waals surface area contributed by atoms with Crippen LogP contribution < -0.4 is 15.2 Å². The lowest BCUT2D eigenvalue weighted by molar-refractivity contribution is 0.262. The molecule has 0 radical (unpaired) electrons. The van der Waals surface area contributed by atoms with E-state index in [1.807, 2.05) is 43.8 Å². The van der Waals surface area contributed by atoms with Crippen molar-refractivity contribution in [2.45, 2.75) is 27.0 Å². The predicted molar refractivity (Wildman–Crippen MR) is 85.5 cm³/mol. The molecule has 0 fully saturated rings. The number of nitrogens with two attached hydrogens (primary N) is 1. The molecule has 0 aliphatic rings. The highest BCUT2D eigenvalue weighted by molar-refractivity contribution is 9.10. The molecule has 21 heavy (non-hydrogen) atoms. The molecule has 0 atom stereocenters. The number of benzene rings is 1. The van der Waals surface area contributed by atoms with Crippen LogP contribution in [0.3, 0.4) is 0 Å². The third kappa shape index (κ3) is 3.57. The second-order valence-corrected chi connectivity index (χ2v) is 5.47. The smallest absolute Gasteiger partial charge is 0.161 e. The van der Waals surface area contributed by atoms with Crippen LogP contribution in [0.15, 0.2) is 22.7 Å². The summed E-state index contributed by atoms with van der Waals surface area (Å²) in [6.45, 7) is 5.38. The Labute approximate surface area is 133 Å². The van der Waals surface area contributed by atoms with Crippen molar-refractivity contribution in [3.05, 3.63) is 39.6 Å². The standard InChI is InChI=1S/C15H20BrN3O2/c1-4-20-14-7-11(8-17)5-6-13(14)21-9-12-15(16)10(2)18-19(12)3/h5-7H,4,8-9,17H2,1-3H3. The molecule has 114 valence electrons. The Balaban J connectivity index is 2.19. The van der Waals surface area contributed by atoms with Gasteiger partial charge in [-0.3, -0.25) is 4.68 Å². The molecule has 0 aliphatic heterocycles. The fraction of sp³-hybridized carbons (Fsp3) is 0.400. The van der Waals surface area contributed by atoms with Crippen LogP contribution in [0.25, 0.3) is 0 Å². The monoisotopic (exact) mass is 353 g/mol. The molecule has 1 aromatic heterocycles. The molecule has 2 rings (SSSR count). The Morgan fingerprint density at radius 1 is 1.29 bits per heavy atom. The number of ether oxygens (including phenoxy) is 2. The maximum Gasteiger partial charge on any atom is 0.161 e. The summed E-state index contributed by atoms with van der Waals surface area (Å²) in [5, 5.41) is 4.35. The summed E-state index contributed by atoms with van der Waals surface area (Å²) in [5.41, 5.74) is 8.60. The minimum atomic E-state index is 0.417. The van der Waals surface area contributed by atoms with E-state index in [9.17, 15) is 0 Å². The lowest BCUT2D eigenvalue weighted by atomic mass is 10.2. The van der Waals surface area contributed by atoms with E-state index in [2.05, 4.69) is 21.0 Å². The van der Waals surface area contributed by atoms with E-state index >= 15 is 0 Å². The van der Waals surface area contributed by atoms with E-state index in [1.165, 1.54) is 0 Å². The van der Waals surface area contributed by atoms with Crippen molar-refractivity contribution in [2.75, 3.05) is 6.61 Å². The van der Waals surface area contributed by atoms with Gasteiger partial charge in [0.05, 0.1) is 22.5 Å². The maximum absolute atomic E-state index is 5.89. The Morgan fingerprint density at radius 3 is 2.62 bits per heavy atom. The normalized spacial score (nSPS) is 10.7. The molecule has 6 heteroatoms. The molecule has 5 nitrogen and oxygen atoms in total. The summed E-state index contributed by atoms with van der Waals surface area (Å²) in [4.78, 5) is 0. The van der Waals surface area contributed by atoms with Crippen LogP contribution in [-0.2, 0) is 20.2 Å². The van der Waals surface area contributed by atoms with Gasteiger partial charge < -0.3 is 15.2 Å². The molecule has 0 aliphatic carbocycles. The number of hydrogen-bond donors (Lipinski definition) is 1. The van der Waals surface area contributed by atoms with Gasteiger partial charge in [-0.1, -0.05) is 6.07 Å². The molecule has 0 saturated heterocycles. The summed E-state index contributed by atoms with van der Waals surface area (Å²) >= 11 is 3.54. The van der Waals surface area contributed by atoms with Crippen LogP contribution in [0.2, 0.25) is 0 Å². The zero-order valence-corrected chi connectivity index (χ0v) is 14.1. The van der Waals surface area contributed by atoms with Gasteiger partial charge in [-0.05, 0) is 47.5 Å². The van der Waals surface area contributed by atoms with Gasteiger partial charge >= 0.3 is 0 Å². The lowest BCUT2D eigenvalue weighted by Crippen LogP contribution is -2.06. The molecule has 0 saturated carbocycles. The number of halogens is 1. The predicted octanol–water partition coefficient (Wildman–Crippen LogP) is 2.93. The maximum atomic E-state index is 5.89. The van der Waals surface area contributed by atoms with Gasteiger partial charge in [-0.25, -0.2) is 0 Å². The Morgan fingerprint density at radius 2 is 2.05 bits per heavy atom. The van der Waals surface area contributed by atoms with E-state index < -0.39 is 0 Å². The first kappa shape index (κ1) is 15.9. The van der Waals surface area contributed by atoms with E-state index in [0.29, 0.717) is 25.5 Å². The number of aromatic nitrogens is 2. The minimum absolute atomic E-state index is 0.417. The molecular formula is C15H20BrN3O2. The highest BCUT2D eigenvalue weighted by Crippen LogP contribution is 2.30. The molecule has 0 unspecified atom stereocenters. The molecule has 1 aromatic carbocycles. The Hall–Kier alpha value is -1.53. The zero-order chi connectivity index (χ0) is 15.4. The lowest BCUT2D eigenvalue weighted by Gasteiger charge is -2.13. The van der Waals surface area contributed by atoms with Gasteiger partial charge in [0.15, 0.2) is 11.5 Å². The molecule has 2 aromatic rings. The first-order valence-electron chi connectivity index (χ1n) is 6.83. The van der Waals surface area contributed by atoms with Crippen molar-refractivity contribution in [3.8, 4) is 11.5 Å². The summed E-state index contributed by atoms with van der Waals surface area (Å²) in [5.74, 6) is 1.43. The van der Waals surface area contributed by atoms with Gasteiger partial charge in [0.25, 0.3) is 0 Å². The number of hydrogen-bond acceptors (Lipinski definition) is 4. The number of nitrogens with zero attached hydrogens (tertiary/aromatic N) is 2. The second kappa shape index (κ2) is 6.95. The topological polar surface area (TPSA) is 62.3 Å². The van der Waals surface area contributed by atoms with E-state index in [-0.39, 0.29) is 0 Å². The molecule has 0 bridgehead atoms. The van der Waals surface area contributed by atoms with Crippen LogP contribution in [0.5, 0.6) is 11.5 Å². The van der Waals surface area contributed by atoms with Gasteiger partial charge in [0.1, 0.15) is 6.61 Å². The Bertz CT molecular complexity index is 626. The van der Waals surface area contributed by atoms with E-state index in [0.717, 1.165) is 27.2 Å². The average Bonchev–Trinajstić information content (AvgIpc) is 2.71. The largest absolute Gasteiger partial charge is 0.490 e. The van der Waals surface area contributed by atoms with Crippen LogP contribution in [0.1, 0.15) is 23.9 Å². The zero-order valence-electron chi connectivity index (χ0n) is 12.5. The van der Waals surface area contributed by atoms with E-state index in [4.69, 9.17) is 15.2 Å². The van der Waals surface area contributed by atoms with Crippen LogP contribution in [0, 0.1) is 6.92 Å². The Kier molecular flexibility index (Phi) is 5.25. The summed E-state index contributed by atoms with van der Waals surface area (Å²) < 4.78 is 14.3. The summed E-state index contributed by atoms with van der Waals surface area (Å²) in [7, 11) is 1.90. The first-order valence-corrected chi connectivity index (χ1v) is 7.62. The van der Waals surface area contributed by atoms with Crippen molar-refractivity contribution in [1.82, 2.24) is 9.78 Å². The van der Waals surface area contributed by atoms with Crippen molar-refractivity contribution in [3.63, 3.8) is 0 Å². The summed E-state index contributed by atoms with van der Waals surface area (Å²) in [6, 6.07) is 5.76. The highest BCUT2D eigenvalue weighted by atomic mass is 79.9. The van der Waals surface area contributed by atoms with Gasteiger partial charge in [0, 0.05) is 13.6 Å². The SMILES string of the molecule is CCOc1cc(CN)ccc1OCc1c(Br)c(C)nn1C. The molecular weight excluding hydrogens is 334 g/mol. The van der Waals surface area contributed by atoms with Gasteiger partial charge in [0.2, 0.25) is 0 Å². The first-order chi connectivity index (χ1) is 10.1. The summed E-state index contributed by atoms with van der Waals surface area (Å²) in [6.07, 6.45) is 0. The van der Waals surface area contributed by atoms with Crippen molar-refractivity contribution >= 4 is 15.9 Å². The third-order valence-corrected chi connectivity index (χ3v) is 4.20. The van der Waals surface area contributed by atoms with Crippen LogP contribution in [0.4, 0.5) is 0 Å². The average molecular weight is 354 g/mol. The van der Waals surface area contributed by atoms with Gasteiger partial charge in [-0.15, -0.1) is 0 Å². The van der Waals surface area contributed by atoms with Crippen molar-refractivity contribution < 1.29 is 9.47 Å². The molecule has 2 N–H and O–H groups in total. The molecule has 0 amide bonds. The highest BCUT2D eigenvalue weighted by Gasteiger charge is 2.13. The molecule has 1 heterocycles. The second-order valence-electron chi connectivity index (χ2n) is 4.68. The minimum Gasteiger partial charge on any atom is -0.490 e. The van der Waals surface area contributed by atoms with Crippen molar-refractivity contribution in [1.29, 1.82) is 0 Å². The fourth-order valence-electron chi connectivity index (χ4n) is 2.05. The fourth-order valence-corrected chi connectivity index (χ4v) is 2.50. The quantitative estimate of drug-likeness (QED) is 0.867. The van der Waals surface area contributed by atoms with Crippen LogP contribution >= 0.6 is 15.9 Å². The van der Waals surface area contributed by atoms with Crippen LogP contribution in [-0.4, -0.2) is 16.4 Å². The number of rotatable bonds is 6. The van der Waals surface area contributed by atoms with Gasteiger partial charge in [-0.2, -0.15) is 5.10 Å². The van der Waals surface area contributed by atoms with E-state index in [1.54, 1.807) is 0 Å². The van der Waals surface area contributed by atoms with Crippen molar-refractivity contribution in [2.24, 2.45) is 12.8 Å². The number of aryl methyl sites for hydroxylation is 2.